The quantitative estimate of drug-likeness (QED) is 0.650. The number of nitriles is 1. The first-order valence-electron chi connectivity index (χ1n) is 6.26. The zero-order valence-corrected chi connectivity index (χ0v) is 11.2. The molecule has 6 heteroatoms. The molecule has 6 nitrogen and oxygen atoms in total. The lowest BCUT2D eigenvalue weighted by Crippen LogP contribution is -2.03. The smallest absolute Gasteiger partial charge is 0.274 e. The Balaban J connectivity index is 2.00. The number of ether oxygens (including phenoxy) is 1. The van der Waals surface area contributed by atoms with Gasteiger partial charge in [0.25, 0.3) is 5.69 Å². The molecule has 0 atom stereocenters. The number of rotatable bonds is 6. The molecule has 2 rings (SSSR count). The summed E-state index contributed by atoms with van der Waals surface area (Å²) < 4.78 is 5.15. The first-order chi connectivity index (χ1) is 10.2. The van der Waals surface area contributed by atoms with Crippen LogP contribution in [0.25, 0.3) is 0 Å². The van der Waals surface area contributed by atoms with E-state index in [4.69, 9.17) is 10.00 Å². The van der Waals surface area contributed by atoms with Gasteiger partial charge in [-0.05, 0) is 24.3 Å². The number of nitrogens with zero attached hydrogens (tertiary/aromatic N) is 2. The number of hydrogen-bond donors (Lipinski definition) is 1. The number of nitro groups is 1. The molecule has 0 bridgehead atoms. The normalized spacial score (nSPS) is 9.67. The fraction of sp³-hybridized carbons (Fsp3) is 0.133. The van der Waals surface area contributed by atoms with E-state index in [1.165, 1.54) is 6.07 Å². The Morgan fingerprint density at radius 1 is 1.19 bits per heavy atom. The number of hydrogen-bond acceptors (Lipinski definition) is 5. The van der Waals surface area contributed by atoms with Crippen molar-refractivity contribution in [3.63, 3.8) is 0 Å². The predicted molar refractivity (Wildman–Crippen MR) is 78.0 cm³/mol. The van der Waals surface area contributed by atoms with Crippen molar-refractivity contribution in [1.82, 2.24) is 0 Å². The van der Waals surface area contributed by atoms with Gasteiger partial charge in [-0.15, -0.1) is 0 Å². The van der Waals surface area contributed by atoms with Crippen molar-refractivity contribution in [2.45, 2.75) is 6.54 Å². The molecule has 0 aromatic heterocycles. The van der Waals surface area contributed by atoms with Crippen molar-refractivity contribution in [2.24, 2.45) is 0 Å². The highest BCUT2D eigenvalue weighted by Crippen LogP contribution is 2.20. The zero-order chi connectivity index (χ0) is 15.1. The van der Waals surface area contributed by atoms with Crippen molar-refractivity contribution in [2.75, 3.05) is 11.9 Å². The minimum absolute atomic E-state index is 0.00296. The van der Waals surface area contributed by atoms with Gasteiger partial charge in [-0.25, -0.2) is 0 Å². The molecule has 21 heavy (non-hydrogen) atoms. The molecule has 0 radical (unpaired) electrons. The first-order valence-corrected chi connectivity index (χ1v) is 6.26. The summed E-state index contributed by atoms with van der Waals surface area (Å²) in [7, 11) is 0. The maximum absolute atomic E-state index is 10.9. The van der Waals surface area contributed by atoms with Crippen LogP contribution in [0.5, 0.6) is 5.75 Å². The van der Waals surface area contributed by atoms with Gasteiger partial charge < -0.3 is 10.1 Å². The second kappa shape index (κ2) is 6.91. The predicted octanol–water partition coefficient (Wildman–Crippen LogP) is 3.11. The lowest BCUT2D eigenvalue weighted by molar-refractivity contribution is -0.385. The van der Waals surface area contributed by atoms with Gasteiger partial charge in [0.15, 0.2) is 6.61 Å². The number of nitro benzene ring substituents is 1. The van der Waals surface area contributed by atoms with Crippen molar-refractivity contribution in [1.29, 1.82) is 5.26 Å². The van der Waals surface area contributed by atoms with Crippen molar-refractivity contribution in [3.05, 3.63) is 64.2 Å². The van der Waals surface area contributed by atoms with Crippen LogP contribution >= 0.6 is 0 Å². The number of anilines is 1. The molecule has 0 fully saturated rings. The maximum atomic E-state index is 10.9. The second-order valence-corrected chi connectivity index (χ2v) is 4.21. The van der Waals surface area contributed by atoms with E-state index >= 15 is 0 Å². The van der Waals surface area contributed by atoms with Gasteiger partial charge in [0.2, 0.25) is 0 Å². The fourth-order valence-electron chi connectivity index (χ4n) is 1.82. The second-order valence-electron chi connectivity index (χ2n) is 4.21. The van der Waals surface area contributed by atoms with Crippen LogP contribution in [0.2, 0.25) is 0 Å². The molecular weight excluding hydrogens is 270 g/mol. The number of nitrogens with one attached hydrogen (secondary N) is 1. The SMILES string of the molecule is N#CCOc1ccc(NCc2ccccc2[N+](=O)[O-])cc1. The summed E-state index contributed by atoms with van der Waals surface area (Å²) in [5, 5.41) is 22.4. The summed E-state index contributed by atoms with van der Waals surface area (Å²) in [6, 6.07) is 15.6. The average Bonchev–Trinajstić information content (AvgIpc) is 2.52. The third-order valence-electron chi connectivity index (χ3n) is 2.83. The zero-order valence-electron chi connectivity index (χ0n) is 11.2. The summed E-state index contributed by atoms with van der Waals surface area (Å²) in [6.07, 6.45) is 0. The first kappa shape index (κ1) is 14.3. The maximum Gasteiger partial charge on any atom is 0.274 e. The Bertz CT molecular complexity index is 663. The third-order valence-corrected chi connectivity index (χ3v) is 2.83. The topological polar surface area (TPSA) is 88.2 Å². The Morgan fingerprint density at radius 3 is 2.57 bits per heavy atom. The van der Waals surface area contributed by atoms with Crippen LogP contribution < -0.4 is 10.1 Å². The highest BCUT2D eigenvalue weighted by molar-refractivity contribution is 5.49. The molecule has 0 aliphatic heterocycles. The van der Waals surface area contributed by atoms with Crippen LogP contribution in [0.15, 0.2) is 48.5 Å². The van der Waals surface area contributed by atoms with E-state index in [9.17, 15) is 10.1 Å². The van der Waals surface area contributed by atoms with Crippen LogP contribution in [0.1, 0.15) is 5.56 Å². The molecule has 0 aliphatic rings. The lowest BCUT2D eigenvalue weighted by atomic mass is 10.2. The molecule has 0 spiro atoms. The van der Waals surface area contributed by atoms with Crippen LogP contribution in [0.3, 0.4) is 0 Å². The standard InChI is InChI=1S/C15H13N3O3/c16-9-10-21-14-7-5-13(6-8-14)17-11-12-3-1-2-4-15(12)18(19)20/h1-8,17H,10-11H2. The van der Waals surface area contributed by atoms with Crippen LogP contribution in [-0.2, 0) is 6.54 Å². The number of para-hydroxylation sites is 1. The van der Waals surface area contributed by atoms with Gasteiger partial charge >= 0.3 is 0 Å². The van der Waals surface area contributed by atoms with E-state index < -0.39 is 4.92 Å². The highest BCUT2D eigenvalue weighted by atomic mass is 16.6. The summed E-state index contributed by atoms with van der Waals surface area (Å²) >= 11 is 0. The summed E-state index contributed by atoms with van der Waals surface area (Å²) in [6.45, 7) is 0.360. The van der Waals surface area contributed by atoms with E-state index in [0.29, 0.717) is 17.9 Å². The van der Waals surface area contributed by atoms with Crippen LogP contribution in [-0.4, -0.2) is 11.5 Å². The minimum atomic E-state index is -0.393. The Labute approximate surface area is 121 Å². The summed E-state index contributed by atoms with van der Waals surface area (Å²) in [5.74, 6) is 0.604. The van der Waals surface area contributed by atoms with Crippen LogP contribution in [0, 0.1) is 21.4 Å². The fourth-order valence-corrected chi connectivity index (χ4v) is 1.82. The monoisotopic (exact) mass is 283 g/mol. The summed E-state index contributed by atoms with van der Waals surface area (Å²) in [4.78, 5) is 10.5. The number of benzene rings is 2. The molecule has 0 unspecified atom stereocenters. The molecule has 0 aliphatic carbocycles. The lowest BCUT2D eigenvalue weighted by Gasteiger charge is -2.08. The Kier molecular flexibility index (Phi) is 4.72. The van der Waals surface area contributed by atoms with E-state index in [0.717, 1.165) is 5.69 Å². The molecule has 2 aromatic rings. The summed E-state index contributed by atoms with van der Waals surface area (Å²) in [5.41, 5.74) is 1.53. The molecular formula is C15H13N3O3. The van der Waals surface area contributed by atoms with E-state index in [-0.39, 0.29) is 12.3 Å². The third kappa shape index (κ3) is 3.94. The molecule has 1 N–H and O–H groups in total. The van der Waals surface area contributed by atoms with Gasteiger partial charge in [-0.3, -0.25) is 10.1 Å². The average molecular weight is 283 g/mol. The highest BCUT2D eigenvalue weighted by Gasteiger charge is 2.11. The molecule has 2 aromatic carbocycles. The van der Waals surface area contributed by atoms with Gasteiger partial charge in [0.1, 0.15) is 11.8 Å². The molecule has 106 valence electrons. The van der Waals surface area contributed by atoms with Gasteiger partial charge in [0.05, 0.1) is 4.92 Å². The van der Waals surface area contributed by atoms with Crippen molar-refractivity contribution in [3.8, 4) is 11.8 Å². The van der Waals surface area contributed by atoms with Gasteiger partial charge in [-0.1, -0.05) is 18.2 Å². The molecule has 0 saturated carbocycles. The van der Waals surface area contributed by atoms with Gasteiger partial charge in [-0.2, -0.15) is 5.26 Å². The van der Waals surface area contributed by atoms with E-state index in [1.807, 2.05) is 6.07 Å². The van der Waals surface area contributed by atoms with E-state index in [1.54, 1.807) is 42.5 Å². The van der Waals surface area contributed by atoms with Crippen LogP contribution in [0.4, 0.5) is 11.4 Å². The molecule has 0 saturated heterocycles. The van der Waals surface area contributed by atoms with Crippen molar-refractivity contribution < 1.29 is 9.66 Å². The Hall–Kier alpha value is -3.07. The van der Waals surface area contributed by atoms with Crippen molar-refractivity contribution >= 4 is 11.4 Å². The van der Waals surface area contributed by atoms with E-state index in [2.05, 4.69) is 5.32 Å². The largest absolute Gasteiger partial charge is 0.479 e. The Morgan fingerprint density at radius 2 is 1.90 bits per heavy atom. The van der Waals surface area contributed by atoms with Gasteiger partial charge in [0, 0.05) is 23.9 Å². The molecule has 0 heterocycles. The molecule has 0 amide bonds. The minimum Gasteiger partial charge on any atom is -0.479 e.